The number of H-pyrrole nitrogens is 1. The van der Waals surface area contributed by atoms with Gasteiger partial charge in [-0.1, -0.05) is 12.1 Å². The van der Waals surface area contributed by atoms with Crippen LogP contribution in [0.4, 0.5) is 0 Å². The van der Waals surface area contributed by atoms with Gasteiger partial charge in [0.15, 0.2) is 0 Å². The fraction of sp³-hybridized carbons (Fsp3) is 0.474. The van der Waals surface area contributed by atoms with Crippen LogP contribution in [0.3, 0.4) is 0 Å². The van der Waals surface area contributed by atoms with Gasteiger partial charge < -0.3 is 9.64 Å². The fourth-order valence-electron chi connectivity index (χ4n) is 3.89. The Kier molecular flexibility index (Phi) is 3.79. The summed E-state index contributed by atoms with van der Waals surface area (Å²) in [5.74, 6) is 1.10. The van der Waals surface area contributed by atoms with Gasteiger partial charge in [0.05, 0.1) is 24.3 Å². The highest BCUT2D eigenvalue weighted by molar-refractivity contribution is 5.91. The molecule has 2 heterocycles. The topological polar surface area (TPSA) is 58.2 Å². The monoisotopic (exact) mass is 325 g/mol. The van der Waals surface area contributed by atoms with Crippen LogP contribution in [0.25, 0.3) is 0 Å². The van der Waals surface area contributed by atoms with Gasteiger partial charge in [-0.25, -0.2) is 0 Å². The van der Waals surface area contributed by atoms with E-state index in [1.807, 2.05) is 30.3 Å². The van der Waals surface area contributed by atoms with Crippen molar-refractivity contribution < 1.29 is 9.53 Å². The summed E-state index contributed by atoms with van der Waals surface area (Å²) in [6.45, 7) is 0.834. The van der Waals surface area contributed by atoms with Crippen molar-refractivity contribution in [2.75, 3.05) is 13.7 Å². The van der Waals surface area contributed by atoms with Gasteiger partial charge in [0.1, 0.15) is 5.75 Å². The summed E-state index contributed by atoms with van der Waals surface area (Å²) < 4.78 is 5.24. The predicted molar refractivity (Wildman–Crippen MR) is 90.8 cm³/mol. The van der Waals surface area contributed by atoms with Crippen molar-refractivity contribution in [3.63, 3.8) is 0 Å². The van der Waals surface area contributed by atoms with Gasteiger partial charge >= 0.3 is 0 Å². The van der Waals surface area contributed by atoms with Crippen LogP contribution >= 0.6 is 0 Å². The molecular weight excluding hydrogens is 302 g/mol. The van der Waals surface area contributed by atoms with Crippen LogP contribution in [0.2, 0.25) is 0 Å². The highest BCUT2D eigenvalue weighted by Crippen LogP contribution is 2.51. The normalized spacial score (nSPS) is 22.2. The number of aromatic nitrogens is 2. The number of piperidine rings is 1. The first-order chi connectivity index (χ1) is 11.7. The Morgan fingerprint density at radius 2 is 2.04 bits per heavy atom. The molecule has 1 saturated carbocycles. The Bertz CT molecular complexity index is 705. The van der Waals surface area contributed by atoms with Gasteiger partial charge in [0, 0.05) is 12.7 Å². The first kappa shape index (κ1) is 15.2. The summed E-state index contributed by atoms with van der Waals surface area (Å²) in [4.78, 5) is 15.5. The van der Waals surface area contributed by atoms with Crippen LogP contribution in [0.15, 0.2) is 36.5 Å². The summed E-state index contributed by atoms with van der Waals surface area (Å²) in [7, 11) is 1.66. The Labute approximate surface area is 142 Å². The van der Waals surface area contributed by atoms with Crippen LogP contribution in [-0.2, 0) is 10.2 Å². The Morgan fingerprint density at radius 1 is 1.25 bits per heavy atom. The molecule has 5 heteroatoms. The third-order valence-electron chi connectivity index (χ3n) is 5.45. The SMILES string of the molecule is COc1ccc(C2(C(=O)N3CCCC[C@@H]3c3ccn[nH]3)CC2)cc1. The van der Waals surface area contributed by atoms with Crippen LogP contribution in [0.5, 0.6) is 5.75 Å². The van der Waals surface area contributed by atoms with E-state index in [1.165, 1.54) is 0 Å². The lowest BCUT2D eigenvalue weighted by molar-refractivity contribution is -0.138. The lowest BCUT2D eigenvalue weighted by atomic mass is 9.91. The second-order valence-corrected chi connectivity index (χ2v) is 6.83. The number of hydrogen-bond donors (Lipinski definition) is 1. The van der Waals surface area contributed by atoms with Crippen molar-refractivity contribution in [2.24, 2.45) is 0 Å². The van der Waals surface area contributed by atoms with Gasteiger partial charge in [-0.2, -0.15) is 5.10 Å². The van der Waals surface area contributed by atoms with Crippen molar-refractivity contribution in [1.29, 1.82) is 0 Å². The van der Waals surface area contributed by atoms with E-state index in [4.69, 9.17) is 4.74 Å². The zero-order valence-corrected chi connectivity index (χ0v) is 14.0. The average molecular weight is 325 g/mol. The quantitative estimate of drug-likeness (QED) is 0.939. The molecule has 0 spiro atoms. The van der Waals surface area contributed by atoms with Crippen molar-refractivity contribution in [2.45, 2.75) is 43.6 Å². The summed E-state index contributed by atoms with van der Waals surface area (Å²) >= 11 is 0. The standard InChI is InChI=1S/C19H23N3O2/c1-24-15-7-5-14(6-8-15)19(10-11-19)18(23)22-13-3-2-4-17(22)16-9-12-20-21-16/h5-9,12,17H,2-4,10-11,13H2,1H3,(H,20,21)/t17-/m1/s1. The van der Waals surface area contributed by atoms with Crippen LogP contribution < -0.4 is 4.74 Å². The van der Waals surface area contributed by atoms with E-state index < -0.39 is 0 Å². The highest BCUT2D eigenvalue weighted by Gasteiger charge is 2.54. The molecule has 126 valence electrons. The van der Waals surface area contributed by atoms with E-state index in [0.29, 0.717) is 0 Å². The Hall–Kier alpha value is -2.30. The fourth-order valence-corrected chi connectivity index (χ4v) is 3.89. The summed E-state index contributed by atoms with van der Waals surface area (Å²) in [6, 6.07) is 10.1. The number of carbonyl (C=O) groups is 1. The molecule has 1 amide bonds. The lowest BCUT2D eigenvalue weighted by Crippen LogP contribution is -2.44. The molecule has 0 radical (unpaired) electrons. The van der Waals surface area contributed by atoms with Crippen molar-refractivity contribution >= 4 is 5.91 Å². The number of benzene rings is 1. The molecule has 5 nitrogen and oxygen atoms in total. The molecule has 4 rings (SSSR count). The molecule has 0 bridgehead atoms. The minimum atomic E-state index is -0.331. The number of aromatic amines is 1. The molecule has 2 aliphatic rings. The van der Waals surface area contributed by atoms with Crippen LogP contribution in [-0.4, -0.2) is 34.7 Å². The van der Waals surface area contributed by atoms with Gasteiger partial charge in [-0.3, -0.25) is 9.89 Å². The van der Waals surface area contributed by atoms with Gasteiger partial charge in [-0.05, 0) is 55.9 Å². The van der Waals surface area contributed by atoms with Crippen LogP contribution in [0, 0.1) is 0 Å². The zero-order chi connectivity index (χ0) is 16.6. The summed E-state index contributed by atoms with van der Waals surface area (Å²) in [5.41, 5.74) is 1.83. The van der Waals surface area contributed by atoms with Crippen LogP contribution in [0.1, 0.15) is 49.4 Å². The number of hydrogen-bond acceptors (Lipinski definition) is 3. The van der Waals surface area contributed by atoms with Crippen molar-refractivity contribution in [3.05, 3.63) is 47.8 Å². The number of carbonyl (C=O) groups excluding carboxylic acids is 1. The maximum atomic E-state index is 13.4. The number of nitrogens with zero attached hydrogens (tertiary/aromatic N) is 2. The van der Waals surface area contributed by atoms with Crippen molar-refractivity contribution in [1.82, 2.24) is 15.1 Å². The molecule has 1 atom stereocenters. The largest absolute Gasteiger partial charge is 0.497 e. The lowest BCUT2D eigenvalue weighted by Gasteiger charge is -2.37. The molecule has 1 N–H and O–H groups in total. The molecule has 2 aromatic rings. The van der Waals surface area contributed by atoms with E-state index in [2.05, 4.69) is 15.1 Å². The molecule has 24 heavy (non-hydrogen) atoms. The van der Waals surface area contributed by atoms with Gasteiger partial charge in [0.2, 0.25) is 5.91 Å². The molecular formula is C19H23N3O2. The molecule has 1 aliphatic carbocycles. The molecule has 2 fully saturated rings. The minimum Gasteiger partial charge on any atom is -0.497 e. The van der Waals surface area contributed by atoms with E-state index >= 15 is 0 Å². The Balaban J connectivity index is 1.61. The van der Waals surface area contributed by atoms with E-state index in [-0.39, 0.29) is 17.4 Å². The molecule has 1 aromatic heterocycles. The third-order valence-corrected chi connectivity index (χ3v) is 5.45. The van der Waals surface area contributed by atoms with Crippen molar-refractivity contribution in [3.8, 4) is 5.75 Å². The van der Waals surface area contributed by atoms with E-state index in [0.717, 1.165) is 55.7 Å². The highest BCUT2D eigenvalue weighted by atomic mass is 16.5. The van der Waals surface area contributed by atoms with E-state index in [1.54, 1.807) is 13.3 Å². The van der Waals surface area contributed by atoms with Gasteiger partial charge in [0.25, 0.3) is 0 Å². The summed E-state index contributed by atoms with van der Waals surface area (Å²) in [5, 5.41) is 7.13. The molecule has 1 saturated heterocycles. The maximum absolute atomic E-state index is 13.4. The number of likely N-dealkylation sites (tertiary alicyclic amines) is 1. The minimum absolute atomic E-state index is 0.129. The average Bonchev–Trinajstić information content (AvgIpc) is 3.27. The number of amides is 1. The van der Waals surface area contributed by atoms with E-state index in [9.17, 15) is 4.79 Å². The number of ether oxygens (including phenoxy) is 1. The Morgan fingerprint density at radius 3 is 2.67 bits per heavy atom. The second-order valence-electron chi connectivity index (χ2n) is 6.83. The number of nitrogens with one attached hydrogen (secondary N) is 1. The van der Waals surface area contributed by atoms with Gasteiger partial charge in [-0.15, -0.1) is 0 Å². The smallest absolute Gasteiger partial charge is 0.233 e. The summed E-state index contributed by atoms with van der Waals surface area (Å²) in [6.07, 6.45) is 6.88. The number of rotatable bonds is 4. The molecule has 1 aromatic carbocycles. The maximum Gasteiger partial charge on any atom is 0.233 e. The zero-order valence-electron chi connectivity index (χ0n) is 14.0. The predicted octanol–water partition coefficient (Wildman–Crippen LogP) is 3.20. The first-order valence-corrected chi connectivity index (χ1v) is 8.69. The number of methoxy groups -OCH3 is 1. The third kappa shape index (κ3) is 2.48. The molecule has 0 unspecified atom stereocenters. The second kappa shape index (κ2) is 5.96. The first-order valence-electron chi connectivity index (χ1n) is 8.69. The molecule has 1 aliphatic heterocycles.